The van der Waals surface area contributed by atoms with Gasteiger partial charge in [0, 0.05) is 18.4 Å². The molecule has 134 valence electrons. The van der Waals surface area contributed by atoms with Gasteiger partial charge in [0.15, 0.2) is 10.8 Å². The van der Waals surface area contributed by atoms with Crippen LogP contribution in [0.15, 0.2) is 18.5 Å². The molecule has 0 spiro atoms. The molecule has 5 nitrogen and oxygen atoms in total. The predicted molar refractivity (Wildman–Crippen MR) is 87.1 cm³/mol. The number of hydrogen-bond donors (Lipinski definition) is 1. The van der Waals surface area contributed by atoms with Crippen LogP contribution >= 0.6 is 11.3 Å². The van der Waals surface area contributed by atoms with Crippen molar-refractivity contribution in [1.82, 2.24) is 20.3 Å². The Hall–Kier alpha value is -2.03. The third kappa shape index (κ3) is 4.15. The van der Waals surface area contributed by atoms with E-state index in [4.69, 9.17) is 0 Å². The summed E-state index contributed by atoms with van der Waals surface area (Å²) in [7, 11) is 0. The van der Waals surface area contributed by atoms with Crippen LogP contribution < -0.4 is 5.32 Å². The largest absolute Gasteiger partial charge is 0.391 e. The van der Waals surface area contributed by atoms with Crippen molar-refractivity contribution >= 4 is 17.2 Å². The summed E-state index contributed by atoms with van der Waals surface area (Å²) in [5.41, 5.74) is 0.521. The molecule has 2 aromatic rings. The number of aromatic nitrogens is 3. The van der Waals surface area contributed by atoms with E-state index in [1.807, 2.05) is 0 Å². The molecule has 0 aromatic carbocycles. The molecular formula is C16H17F3N4OS. The van der Waals surface area contributed by atoms with Gasteiger partial charge < -0.3 is 5.32 Å². The fourth-order valence-electron chi connectivity index (χ4n) is 2.98. The third-order valence-corrected chi connectivity index (χ3v) is 5.38. The molecule has 9 heteroatoms. The molecular weight excluding hydrogens is 353 g/mol. The summed E-state index contributed by atoms with van der Waals surface area (Å²) in [4.78, 5) is 25.4. The van der Waals surface area contributed by atoms with E-state index in [0.717, 1.165) is 11.3 Å². The Balaban J connectivity index is 1.70. The fourth-order valence-corrected chi connectivity index (χ4v) is 3.90. The number of rotatable bonds is 3. The average molecular weight is 370 g/mol. The van der Waals surface area contributed by atoms with Crippen molar-refractivity contribution in [3.8, 4) is 10.8 Å². The van der Waals surface area contributed by atoms with Crippen LogP contribution in [0.4, 0.5) is 13.2 Å². The number of alkyl halides is 3. The highest BCUT2D eigenvalue weighted by Crippen LogP contribution is 2.37. The summed E-state index contributed by atoms with van der Waals surface area (Å²) < 4.78 is 38.7. The van der Waals surface area contributed by atoms with Crippen LogP contribution in [0.5, 0.6) is 0 Å². The molecule has 2 heterocycles. The van der Waals surface area contributed by atoms with Crippen molar-refractivity contribution < 1.29 is 18.0 Å². The number of thiazole rings is 1. The minimum absolute atomic E-state index is 0.0677. The molecule has 2 unspecified atom stereocenters. The van der Waals surface area contributed by atoms with Crippen molar-refractivity contribution in [2.75, 3.05) is 0 Å². The molecule has 1 N–H and O–H groups in total. The van der Waals surface area contributed by atoms with Crippen molar-refractivity contribution in [2.45, 2.75) is 44.8 Å². The zero-order valence-corrected chi connectivity index (χ0v) is 14.3. The van der Waals surface area contributed by atoms with Crippen molar-refractivity contribution in [3.63, 3.8) is 0 Å². The molecule has 1 aliphatic carbocycles. The number of amides is 1. The SMILES string of the molecule is Cc1nc(-c2ncccn2)sc1C(=O)NC1CCCC(C(F)(F)F)C1. The van der Waals surface area contributed by atoms with Crippen molar-refractivity contribution in [2.24, 2.45) is 5.92 Å². The quantitative estimate of drug-likeness (QED) is 0.893. The molecule has 3 rings (SSSR count). The molecule has 0 bridgehead atoms. The maximum absolute atomic E-state index is 12.9. The van der Waals surface area contributed by atoms with Crippen LogP contribution in [0.25, 0.3) is 10.8 Å². The van der Waals surface area contributed by atoms with Crippen LogP contribution in [-0.2, 0) is 0 Å². The van der Waals surface area contributed by atoms with E-state index >= 15 is 0 Å². The van der Waals surface area contributed by atoms with E-state index in [1.54, 1.807) is 25.4 Å². The Labute approximate surface area is 146 Å². The van der Waals surface area contributed by atoms with Crippen molar-refractivity contribution in [3.05, 3.63) is 29.0 Å². The summed E-state index contributed by atoms with van der Waals surface area (Å²) in [5, 5.41) is 3.25. The monoisotopic (exact) mass is 370 g/mol. The fraction of sp³-hybridized carbons (Fsp3) is 0.500. The Morgan fingerprint density at radius 2 is 2.00 bits per heavy atom. The topological polar surface area (TPSA) is 67.8 Å². The summed E-state index contributed by atoms with van der Waals surface area (Å²) in [6.45, 7) is 1.69. The molecule has 25 heavy (non-hydrogen) atoms. The number of carbonyl (C=O) groups is 1. The molecule has 0 aliphatic heterocycles. The summed E-state index contributed by atoms with van der Waals surface area (Å²) in [5.74, 6) is -1.31. The molecule has 0 radical (unpaired) electrons. The first kappa shape index (κ1) is 17.8. The van der Waals surface area contributed by atoms with E-state index in [1.165, 1.54) is 0 Å². The molecule has 1 saturated carbocycles. The molecule has 1 aliphatic rings. The van der Waals surface area contributed by atoms with Gasteiger partial charge in [0.2, 0.25) is 0 Å². The van der Waals surface area contributed by atoms with Gasteiger partial charge in [-0.1, -0.05) is 6.42 Å². The third-order valence-electron chi connectivity index (χ3n) is 4.23. The van der Waals surface area contributed by atoms with Crippen LogP contribution in [0.2, 0.25) is 0 Å². The molecule has 2 atom stereocenters. The van der Waals surface area contributed by atoms with Gasteiger partial charge in [0.25, 0.3) is 5.91 Å². The Kier molecular flexibility index (Phi) is 5.03. The van der Waals surface area contributed by atoms with Crippen LogP contribution in [0, 0.1) is 12.8 Å². The normalized spacial score (nSPS) is 21.1. The minimum Gasteiger partial charge on any atom is -0.349 e. The van der Waals surface area contributed by atoms with E-state index < -0.39 is 18.1 Å². The highest BCUT2D eigenvalue weighted by molar-refractivity contribution is 7.17. The summed E-state index contributed by atoms with van der Waals surface area (Å²) in [6, 6.07) is 1.21. The lowest BCUT2D eigenvalue weighted by atomic mass is 9.85. The molecule has 0 saturated heterocycles. The lowest BCUT2D eigenvalue weighted by molar-refractivity contribution is -0.183. The second kappa shape index (κ2) is 7.07. The Morgan fingerprint density at radius 1 is 1.28 bits per heavy atom. The predicted octanol–water partition coefficient (Wildman–Crippen LogP) is 3.76. The van der Waals surface area contributed by atoms with Crippen LogP contribution in [0.1, 0.15) is 41.0 Å². The summed E-state index contributed by atoms with van der Waals surface area (Å²) in [6.07, 6.45) is 0.0370. The van der Waals surface area contributed by atoms with Gasteiger partial charge >= 0.3 is 6.18 Å². The smallest absolute Gasteiger partial charge is 0.349 e. The standard InChI is InChI=1S/C16H17F3N4OS/c1-9-12(25-15(22-9)13-20-6-3-7-21-13)14(24)23-11-5-2-4-10(8-11)16(17,18)19/h3,6-7,10-11H,2,4-5,8H2,1H3,(H,23,24). The van der Waals surface area contributed by atoms with Gasteiger partial charge in [-0.25, -0.2) is 15.0 Å². The van der Waals surface area contributed by atoms with Gasteiger partial charge in [-0.05, 0) is 32.3 Å². The Morgan fingerprint density at radius 3 is 2.68 bits per heavy atom. The number of hydrogen-bond acceptors (Lipinski definition) is 5. The maximum Gasteiger partial charge on any atom is 0.391 e. The number of nitrogens with zero attached hydrogens (tertiary/aromatic N) is 3. The highest BCUT2D eigenvalue weighted by atomic mass is 32.1. The average Bonchev–Trinajstić information content (AvgIpc) is 2.97. The lowest BCUT2D eigenvalue weighted by Gasteiger charge is -2.30. The van der Waals surface area contributed by atoms with Gasteiger partial charge in [0.1, 0.15) is 4.88 Å². The van der Waals surface area contributed by atoms with Crippen LogP contribution in [0.3, 0.4) is 0 Å². The zero-order valence-electron chi connectivity index (χ0n) is 13.5. The van der Waals surface area contributed by atoms with E-state index in [-0.39, 0.29) is 18.7 Å². The van der Waals surface area contributed by atoms with Gasteiger partial charge in [0.05, 0.1) is 11.6 Å². The summed E-state index contributed by atoms with van der Waals surface area (Å²) >= 11 is 1.15. The molecule has 1 amide bonds. The number of nitrogens with one attached hydrogen (secondary N) is 1. The maximum atomic E-state index is 12.9. The first-order valence-corrected chi connectivity index (χ1v) is 8.78. The first-order chi connectivity index (χ1) is 11.8. The van der Waals surface area contributed by atoms with Crippen LogP contribution in [-0.4, -0.2) is 33.1 Å². The van der Waals surface area contributed by atoms with Gasteiger partial charge in [-0.3, -0.25) is 4.79 Å². The highest BCUT2D eigenvalue weighted by Gasteiger charge is 2.42. The first-order valence-electron chi connectivity index (χ1n) is 7.97. The van der Waals surface area contributed by atoms with Gasteiger partial charge in [-0.2, -0.15) is 13.2 Å². The number of aryl methyl sites for hydroxylation is 1. The zero-order chi connectivity index (χ0) is 18.0. The number of halogens is 3. The molecule has 2 aromatic heterocycles. The molecule has 1 fully saturated rings. The minimum atomic E-state index is -4.21. The lowest BCUT2D eigenvalue weighted by Crippen LogP contribution is -2.41. The second-order valence-electron chi connectivity index (χ2n) is 6.08. The number of carbonyl (C=O) groups excluding carboxylic acids is 1. The van der Waals surface area contributed by atoms with Gasteiger partial charge in [-0.15, -0.1) is 11.3 Å². The Bertz CT molecular complexity index is 748. The van der Waals surface area contributed by atoms with E-state index in [9.17, 15) is 18.0 Å². The van der Waals surface area contributed by atoms with E-state index in [0.29, 0.717) is 34.2 Å². The van der Waals surface area contributed by atoms with E-state index in [2.05, 4.69) is 20.3 Å². The second-order valence-corrected chi connectivity index (χ2v) is 7.08. The van der Waals surface area contributed by atoms with Crippen molar-refractivity contribution in [1.29, 1.82) is 0 Å².